The second kappa shape index (κ2) is 4.31. The van der Waals surface area contributed by atoms with E-state index in [2.05, 4.69) is 35.3 Å². The molecule has 0 radical (unpaired) electrons. The van der Waals surface area contributed by atoms with Gasteiger partial charge in [-0.05, 0) is 24.0 Å². The maximum absolute atomic E-state index is 8.67. The Labute approximate surface area is 105 Å². The predicted molar refractivity (Wildman–Crippen MR) is 68.0 cm³/mol. The molecule has 0 saturated carbocycles. The molecule has 3 heteroatoms. The first-order chi connectivity index (χ1) is 8.38. The summed E-state index contributed by atoms with van der Waals surface area (Å²) >= 11 is 1.69. The van der Waals surface area contributed by atoms with Gasteiger partial charge in [0.25, 0.3) is 0 Å². The van der Waals surface area contributed by atoms with E-state index < -0.39 is 0 Å². The van der Waals surface area contributed by atoms with Crippen LogP contribution in [0.5, 0.6) is 0 Å². The summed E-state index contributed by atoms with van der Waals surface area (Å²) in [6.45, 7) is 0. The molecule has 3 rings (SSSR count). The van der Waals surface area contributed by atoms with Gasteiger partial charge in [-0.15, -0.1) is 11.3 Å². The smallest absolute Gasteiger partial charge is 0.100 e. The first kappa shape index (κ1) is 10.5. The highest BCUT2D eigenvalue weighted by molar-refractivity contribution is 7.09. The fourth-order valence-corrected chi connectivity index (χ4v) is 3.43. The minimum atomic E-state index is 0.421. The number of thiazole rings is 1. The average molecular weight is 240 g/mol. The van der Waals surface area contributed by atoms with E-state index in [0.717, 1.165) is 18.5 Å². The zero-order chi connectivity index (χ0) is 11.7. The summed E-state index contributed by atoms with van der Waals surface area (Å²) in [5.74, 6) is 0.448. The van der Waals surface area contributed by atoms with Crippen molar-refractivity contribution in [2.75, 3.05) is 0 Å². The predicted octanol–water partition coefficient (Wildman–Crippen LogP) is 3.29. The van der Waals surface area contributed by atoms with Gasteiger partial charge in [-0.1, -0.05) is 24.3 Å². The van der Waals surface area contributed by atoms with Gasteiger partial charge in [0.15, 0.2) is 0 Å². The molecule has 84 valence electrons. The molecule has 1 atom stereocenters. The SMILES string of the molecule is N#CCc1csc(C2CCc3ccccc32)n1. The molecule has 1 aliphatic carbocycles. The number of benzene rings is 1. The molecule has 0 bridgehead atoms. The summed E-state index contributed by atoms with van der Waals surface area (Å²) < 4.78 is 0. The van der Waals surface area contributed by atoms with Crippen LogP contribution in [0.15, 0.2) is 29.6 Å². The summed E-state index contributed by atoms with van der Waals surface area (Å²) in [4.78, 5) is 4.58. The molecule has 0 amide bonds. The van der Waals surface area contributed by atoms with Crippen LogP contribution in [0.2, 0.25) is 0 Å². The van der Waals surface area contributed by atoms with Gasteiger partial charge >= 0.3 is 0 Å². The van der Waals surface area contributed by atoms with Crippen LogP contribution in [0.3, 0.4) is 0 Å². The molecular formula is C14H12N2S. The fraction of sp³-hybridized carbons (Fsp3) is 0.286. The van der Waals surface area contributed by atoms with Crippen LogP contribution < -0.4 is 0 Å². The van der Waals surface area contributed by atoms with Crippen molar-refractivity contribution in [3.63, 3.8) is 0 Å². The minimum absolute atomic E-state index is 0.421. The van der Waals surface area contributed by atoms with Gasteiger partial charge in [-0.3, -0.25) is 0 Å². The van der Waals surface area contributed by atoms with Crippen molar-refractivity contribution >= 4 is 11.3 Å². The standard InChI is InChI=1S/C14H12N2S/c15-8-7-11-9-17-14(16-11)13-6-5-10-3-1-2-4-12(10)13/h1-4,9,13H,5-7H2. The highest BCUT2D eigenvalue weighted by Gasteiger charge is 2.25. The van der Waals surface area contributed by atoms with Crippen molar-refractivity contribution in [3.8, 4) is 6.07 Å². The lowest BCUT2D eigenvalue weighted by Crippen LogP contribution is -1.95. The summed E-state index contributed by atoms with van der Waals surface area (Å²) in [6, 6.07) is 10.8. The molecule has 2 aromatic rings. The molecule has 1 unspecified atom stereocenters. The normalized spacial score (nSPS) is 17.7. The summed E-state index contributed by atoms with van der Waals surface area (Å²) in [5, 5.41) is 11.8. The number of hydrogen-bond acceptors (Lipinski definition) is 3. The van der Waals surface area contributed by atoms with Gasteiger partial charge in [-0.2, -0.15) is 5.26 Å². The molecular weight excluding hydrogens is 228 g/mol. The van der Waals surface area contributed by atoms with Crippen LogP contribution in [-0.4, -0.2) is 4.98 Å². The molecule has 0 N–H and O–H groups in total. The number of nitrogens with zero attached hydrogens (tertiary/aromatic N) is 2. The van der Waals surface area contributed by atoms with Crippen LogP contribution >= 0.6 is 11.3 Å². The Morgan fingerprint density at radius 3 is 3.18 bits per heavy atom. The molecule has 1 aromatic heterocycles. The Morgan fingerprint density at radius 1 is 1.41 bits per heavy atom. The molecule has 2 nitrogen and oxygen atoms in total. The van der Waals surface area contributed by atoms with E-state index in [1.807, 2.05) is 5.38 Å². The third-order valence-electron chi connectivity index (χ3n) is 3.26. The highest BCUT2D eigenvalue weighted by Crippen LogP contribution is 2.38. The fourth-order valence-electron chi connectivity index (χ4n) is 2.46. The van der Waals surface area contributed by atoms with Crippen molar-refractivity contribution in [3.05, 3.63) is 51.5 Å². The lowest BCUT2D eigenvalue weighted by Gasteiger charge is -2.07. The van der Waals surface area contributed by atoms with E-state index >= 15 is 0 Å². The summed E-state index contributed by atoms with van der Waals surface area (Å²) in [5.41, 5.74) is 3.79. The molecule has 1 aromatic carbocycles. The Kier molecular flexibility index (Phi) is 2.66. The number of fused-ring (bicyclic) bond motifs is 1. The number of rotatable bonds is 2. The zero-order valence-electron chi connectivity index (χ0n) is 9.39. The van der Waals surface area contributed by atoms with Crippen molar-refractivity contribution in [1.29, 1.82) is 5.26 Å². The van der Waals surface area contributed by atoms with Crippen molar-refractivity contribution in [2.24, 2.45) is 0 Å². The molecule has 0 fully saturated rings. The Bertz CT molecular complexity index is 580. The zero-order valence-corrected chi connectivity index (χ0v) is 10.2. The van der Waals surface area contributed by atoms with E-state index in [0.29, 0.717) is 12.3 Å². The van der Waals surface area contributed by atoms with Crippen LogP contribution in [0, 0.1) is 11.3 Å². The highest BCUT2D eigenvalue weighted by atomic mass is 32.1. The molecule has 1 aliphatic rings. The third kappa shape index (κ3) is 1.85. The molecule has 17 heavy (non-hydrogen) atoms. The van der Waals surface area contributed by atoms with Crippen molar-refractivity contribution in [1.82, 2.24) is 4.98 Å². The van der Waals surface area contributed by atoms with Crippen LogP contribution in [0.25, 0.3) is 0 Å². The first-order valence-electron chi connectivity index (χ1n) is 5.77. The molecule has 0 saturated heterocycles. The van der Waals surface area contributed by atoms with Gasteiger partial charge in [0.05, 0.1) is 18.2 Å². The van der Waals surface area contributed by atoms with Gasteiger partial charge in [0.2, 0.25) is 0 Å². The van der Waals surface area contributed by atoms with Crippen LogP contribution in [0.4, 0.5) is 0 Å². The lowest BCUT2D eigenvalue weighted by atomic mass is 10.0. The number of hydrogen-bond donors (Lipinski definition) is 0. The van der Waals surface area contributed by atoms with E-state index in [1.165, 1.54) is 16.1 Å². The second-order valence-electron chi connectivity index (χ2n) is 4.30. The maximum Gasteiger partial charge on any atom is 0.100 e. The van der Waals surface area contributed by atoms with Crippen molar-refractivity contribution < 1.29 is 0 Å². The van der Waals surface area contributed by atoms with Crippen LogP contribution in [0.1, 0.15) is 34.2 Å². The lowest BCUT2D eigenvalue weighted by molar-refractivity contribution is 0.776. The Morgan fingerprint density at radius 2 is 2.29 bits per heavy atom. The van der Waals surface area contributed by atoms with E-state index in [9.17, 15) is 0 Å². The Hall–Kier alpha value is -1.66. The number of aromatic nitrogens is 1. The topological polar surface area (TPSA) is 36.7 Å². The maximum atomic E-state index is 8.67. The summed E-state index contributed by atoms with van der Waals surface area (Å²) in [6.07, 6.45) is 2.72. The number of aryl methyl sites for hydroxylation is 1. The summed E-state index contributed by atoms with van der Waals surface area (Å²) in [7, 11) is 0. The molecule has 0 aliphatic heterocycles. The average Bonchev–Trinajstić information content (AvgIpc) is 2.95. The van der Waals surface area contributed by atoms with Gasteiger partial charge in [0, 0.05) is 11.3 Å². The van der Waals surface area contributed by atoms with Gasteiger partial charge in [0.1, 0.15) is 5.01 Å². The van der Waals surface area contributed by atoms with E-state index in [1.54, 1.807) is 11.3 Å². The number of nitriles is 1. The quantitative estimate of drug-likeness (QED) is 0.807. The van der Waals surface area contributed by atoms with Crippen LogP contribution in [-0.2, 0) is 12.8 Å². The minimum Gasteiger partial charge on any atom is -0.245 e. The van der Waals surface area contributed by atoms with Gasteiger partial charge < -0.3 is 0 Å². The largest absolute Gasteiger partial charge is 0.245 e. The van der Waals surface area contributed by atoms with E-state index in [-0.39, 0.29) is 0 Å². The monoisotopic (exact) mass is 240 g/mol. The third-order valence-corrected chi connectivity index (χ3v) is 4.27. The van der Waals surface area contributed by atoms with E-state index in [4.69, 9.17) is 5.26 Å². The molecule has 0 spiro atoms. The Balaban J connectivity index is 1.93. The van der Waals surface area contributed by atoms with Crippen molar-refractivity contribution in [2.45, 2.75) is 25.2 Å². The first-order valence-corrected chi connectivity index (χ1v) is 6.65. The van der Waals surface area contributed by atoms with Gasteiger partial charge in [-0.25, -0.2) is 4.98 Å². The molecule has 1 heterocycles. The second-order valence-corrected chi connectivity index (χ2v) is 5.19.